The molecule has 1 fully saturated rings. The molecule has 0 radical (unpaired) electrons. The number of amides is 1. The van der Waals surface area contributed by atoms with Gasteiger partial charge in [0, 0.05) is 47.9 Å². The van der Waals surface area contributed by atoms with Gasteiger partial charge in [-0.05, 0) is 86.4 Å². The van der Waals surface area contributed by atoms with E-state index < -0.39 is 0 Å². The van der Waals surface area contributed by atoms with E-state index in [-0.39, 0.29) is 24.6 Å². The molecule has 1 aliphatic rings. The zero-order chi connectivity index (χ0) is 27.1. The van der Waals surface area contributed by atoms with Crippen molar-refractivity contribution in [2.75, 3.05) is 11.9 Å². The predicted octanol–water partition coefficient (Wildman–Crippen LogP) is 5.26. The zero-order valence-corrected chi connectivity index (χ0v) is 22.3. The summed E-state index contributed by atoms with van der Waals surface area (Å²) in [5.74, 6) is -0.321. The fourth-order valence-corrected chi connectivity index (χ4v) is 5.29. The summed E-state index contributed by atoms with van der Waals surface area (Å²) in [6.07, 6.45) is 8.27. The largest absolute Gasteiger partial charge is 0.396 e. The molecule has 1 saturated carbocycles. The highest BCUT2D eigenvalue weighted by atomic mass is 16.3. The number of anilines is 1. The first-order valence-corrected chi connectivity index (χ1v) is 13.5. The summed E-state index contributed by atoms with van der Waals surface area (Å²) < 4.78 is 0. The summed E-state index contributed by atoms with van der Waals surface area (Å²) in [5.41, 5.74) is 6.74. The lowest BCUT2D eigenvalue weighted by Crippen LogP contribution is -2.29. The van der Waals surface area contributed by atoms with Crippen LogP contribution in [0.3, 0.4) is 0 Å². The molecule has 1 amide bonds. The Kier molecular flexibility index (Phi) is 9.13. The van der Waals surface area contributed by atoms with E-state index in [0.29, 0.717) is 22.7 Å². The van der Waals surface area contributed by atoms with Crippen molar-refractivity contribution < 1.29 is 9.90 Å². The number of H-pyrrole nitrogens is 1. The van der Waals surface area contributed by atoms with E-state index >= 15 is 0 Å². The third kappa shape index (κ3) is 6.58. The summed E-state index contributed by atoms with van der Waals surface area (Å²) in [4.78, 5) is 28.8. The molecule has 3 aromatic rings. The maximum atomic E-state index is 13.5. The topological polar surface area (TPSA) is 118 Å². The fraction of sp³-hybridized carbons (Fsp3) is 0.387. The van der Waals surface area contributed by atoms with E-state index in [1.807, 2.05) is 44.2 Å². The van der Waals surface area contributed by atoms with Gasteiger partial charge in [-0.1, -0.05) is 37.1 Å². The van der Waals surface area contributed by atoms with Crippen molar-refractivity contribution in [3.05, 3.63) is 86.3 Å². The summed E-state index contributed by atoms with van der Waals surface area (Å²) in [7, 11) is 0. The van der Waals surface area contributed by atoms with Crippen LogP contribution >= 0.6 is 0 Å². The van der Waals surface area contributed by atoms with Crippen molar-refractivity contribution in [3.63, 3.8) is 0 Å². The number of carbonyl (C=O) groups is 1. The molecule has 0 spiro atoms. The van der Waals surface area contributed by atoms with Crippen LogP contribution in [0.5, 0.6) is 0 Å². The van der Waals surface area contributed by atoms with Crippen LogP contribution < -0.4 is 16.2 Å². The molecule has 0 aliphatic heterocycles. The Morgan fingerprint density at radius 2 is 1.89 bits per heavy atom. The first-order chi connectivity index (χ1) is 18.4. The standard InChI is InChI=1S/C31H38N4O3/c1-20-14-21(2)34-31(38)28(20)19-33-30(37)26-16-24(23-10-7-9-22(15-23)8-5-6-13-36)17-29(27(26)18-32)35-25-11-3-4-12-25/h7,9-10,14-18,25,32,35-36H,3-6,8,11-13,19H2,1-2H3,(H,33,37)(H,34,38). The number of unbranched alkanes of at least 4 members (excludes halogenated alkanes) is 1. The summed E-state index contributed by atoms with van der Waals surface area (Å²) >= 11 is 0. The van der Waals surface area contributed by atoms with E-state index in [9.17, 15) is 9.59 Å². The molecule has 7 nitrogen and oxygen atoms in total. The van der Waals surface area contributed by atoms with Gasteiger partial charge in [0.15, 0.2) is 0 Å². The Bertz CT molecular complexity index is 1360. The minimum Gasteiger partial charge on any atom is -0.396 e. The smallest absolute Gasteiger partial charge is 0.253 e. The van der Waals surface area contributed by atoms with E-state index in [1.165, 1.54) is 24.6 Å². The second kappa shape index (κ2) is 12.7. The molecular formula is C31H38N4O3. The molecule has 1 aliphatic carbocycles. The molecule has 38 heavy (non-hydrogen) atoms. The molecule has 0 saturated heterocycles. The number of aliphatic hydroxyl groups is 1. The van der Waals surface area contributed by atoms with Gasteiger partial charge in [0.25, 0.3) is 11.5 Å². The van der Waals surface area contributed by atoms with E-state index in [2.05, 4.69) is 27.8 Å². The number of carbonyl (C=O) groups excluding carboxylic acids is 1. The van der Waals surface area contributed by atoms with Crippen LogP contribution in [0.2, 0.25) is 0 Å². The minimum absolute atomic E-state index is 0.105. The number of rotatable bonds is 11. The zero-order valence-electron chi connectivity index (χ0n) is 22.3. The number of benzene rings is 2. The van der Waals surface area contributed by atoms with Gasteiger partial charge in [-0.25, -0.2) is 0 Å². The Labute approximate surface area is 224 Å². The van der Waals surface area contributed by atoms with Crippen LogP contribution in [0.1, 0.15) is 76.8 Å². The maximum absolute atomic E-state index is 13.5. The second-order valence-electron chi connectivity index (χ2n) is 10.3. The van der Waals surface area contributed by atoms with Gasteiger partial charge >= 0.3 is 0 Å². The molecule has 0 unspecified atom stereocenters. The summed E-state index contributed by atoms with van der Waals surface area (Å²) in [6.45, 7) is 3.99. The van der Waals surface area contributed by atoms with Gasteiger partial charge in [-0.2, -0.15) is 0 Å². The third-order valence-electron chi connectivity index (χ3n) is 7.34. The number of pyridine rings is 1. The molecule has 7 heteroatoms. The van der Waals surface area contributed by atoms with Gasteiger partial charge in [0.2, 0.25) is 0 Å². The highest BCUT2D eigenvalue weighted by Crippen LogP contribution is 2.32. The third-order valence-corrected chi connectivity index (χ3v) is 7.34. The molecule has 1 heterocycles. The number of aromatic amines is 1. The van der Waals surface area contributed by atoms with Gasteiger partial charge in [0.05, 0.1) is 5.56 Å². The molecule has 0 bridgehead atoms. The minimum atomic E-state index is -0.321. The molecule has 2 aromatic carbocycles. The van der Waals surface area contributed by atoms with Crippen molar-refractivity contribution >= 4 is 17.8 Å². The molecular weight excluding hydrogens is 476 g/mol. The predicted molar refractivity (Wildman–Crippen MR) is 153 cm³/mol. The lowest BCUT2D eigenvalue weighted by molar-refractivity contribution is 0.0950. The Balaban J connectivity index is 1.69. The lowest BCUT2D eigenvalue weighted by Gasteiger charge is -2.20. The number of aromatic nitrogens is 1. The second-order valence-corrected chi connectivity index (χ2v) is 10.3. The quantitative estimate of drug-likeness (QED) is 0.177. The Morgan fingerprint density at radius 1 is 1.11 bits per heavy atom. The average molecular weight is 515 g/mol. The molecule has 200 valence electrons. The van der Waals surface area contributed by atoms with Gasteiger partial charge in [0.1, 0.15) is 0 Å². The first kappa shape index (κ1) is 27.3. The van der Waals surface area contributed by atoms with Crippen molar-refractivity contribution in [1.29, 1.82) is 5.41 Å². The lowest BCUT2D eigenvalue weighted by atomic mass is 9.94. The first-order valence-electron chi connectivity index (χ1n) is 13.5. The van der Waals surface area contributed by atoms with Crippen molar-refractivity contribution in [2.24, 2.45) is 0 Å². The maximum Gasteiger partial charge on any atom is 0.253 e. The number of nitrogens with one attached hydrogen (secondary N) is 4. The van der Waals surface area contributed by atoms with E-state index in [1.54, 1.807) is 0 Å². The van der Waals surface area contributed by atoms with Crippen LogP contribution in [0.15, 0.2) is 47.3 Å². The number of hydrogen-bond donors (Lipinski definition) is 5. The number of aliphatic hydroxyl groups excluding tert-OH is 1. The Morgan fingerprint density at radius 3 is 2.61 bits per heavy atom. The fourth-order valence-electron chi connectivity index (χ4n) is 5.29. The van der Waals surface area contributed by atoms with Gasteiger partial charge < -0.3 is 26.1 Å². The molecule has 5 N–H and O–H groups in total. The van der Waals surface area contributed by atoms with Crippen molar-refractivity contribution in [1.82, 2.24) is 10.3 Å². The summed E-state index contributed by atoms with van der Waals surface area (Å²) in [6, 6.07) is 14.4. The molecule has 0 atom stereocenters. The normalized spacial score (nSPS) is 13.4. The average Bonchev–Trinajstić information content (AvgIpc) is 3.41. The van der Waals surface area contributed by atoms with Crippen LogP contribution in [-0.2, 0) is 13.0 Å². The van der Waals surface area contributed by atoms with Gasteiger partial charge in [-0.15, -0.1) is 0 Å². The van der Waals surface area contributed by atoms with Crippen molar-refractivity contribution in [3.8, 4) is 11.1 Å². The van der Waals surface area contributed by atoms with Gasteiger partial charge in [-0.3, -0.25) is 9.59 Å². The van der Waals surface area contributed by atoms with E-state index in [4.69, 9.17) is 10.5 Å². The SMILES string of the molecule is Cc1cc(C)c(CNC(=O)c2cc(-c3cccc(CCCCO)c3)cc(NC3CCCC3)c2C=N)c(=O)[nH]1. The van der Waals surface area contributed by atoms with Crippen LogP contribution in [0, 0.1) is 19.3 Å². The van der Waals surface area contributed by atoms with Crippen LogP contribution in [-0.4, -0.2) is 34.9 Å². The Hall–Kier alpha value is -3.71. The number of aryl methyl sites for hydroxylation is 3. The highest BCUT2D eigenvalue weighted by molar-refractivity contribution is 6.06. The summed E-state index contributed by atoms with van der Waals surface area (Å²) in [5, 5.41) is 23.8. The van der Waals surface area contributed by atoms with Crippen molar-refractivity contribution in [2.45, 2.75) is 71.4 Å². The van der Waals surface area contributed by atoms with E-state index in [0.717, 1.165) is 60.2 Å². The molecule has 1 aromatic heterocycles. The highest BCUT2D eigenvalue weighted by Gasteiger charge is 2.21. The number of hydrogen-bond acceptors (Lipinski definition) is 5. The van der Waals surface area contributed by atoms with Crippen LogP contribution in [0.4, 0.5) is 5.69 Å². The molecule has 4 rings (SSSR count). The van der Waals surface area contributed by atoms with Crippen LogP contribution in [0.25, 0.3) is 11.1 Å². The monoisotopic (exact) mass is 514 g/mol.